The summed E-state index contributed by atoms with van der Waals surface area (Å²) < 4.78 is 0. The van der Waals surface area contributed by atoms with Crippen molar-refractivity contribution in [3.05, 3.63) is 6.07 Å². The lowest BCUT2D eigenvalue weighted by Crippen LogP contribution is -2.38. The lowest BCUT2D eigenvalue weighted by atomic mass is 10.0. The summed E-state index contributed by atoms with van der Waals surface area (Å²) in [6.45, 7) is 10.7. The largest absolute Gasteiger partial charge is 0.362 e. The van der Waals surface area contributed by atoms with E-state index >= 15 is 0 Å². The molecule has 1 atom stereocenters. The van der Waals surface area contributed by atoms with Gasteiger partial charge >= 0.3 is 0 Å². The second-order valence-corrected chi connectivity index (χ2v) is 8.28. The van der Waals surface area contributed by atoms with E-state index in [1.807, 2.05) is 0 Å². The van der Waals surface area contributed by atoms with Crippen LogP contribution in [0, 0.1) is 5.92 Å². The zero-order valence-corrected chi connectivity index (χ0v) is 17.1. The van der Waals surface area contributed by atoms with Crippen molar-refractivity contribution in [2.75, 3.05) is 41.3 Å². The van der Waals surface area contributed by atoms with Gasteiger partial charge in [-0.2, -0.15) is 9.97 Å². The Morgan fingerprint density at radius 2 is 1.85 bits per heavy atom. The van der Waals surface area contributed by atoms with Gasteiger partial charge < -0.3 is 20.4 Å². The molecule has 6 nitrogen and oxygen atoms in total. The van der Waals surface area contributed by atoms with Gasteiger partial charge in [0, 0.05) is 38.3 Å². The molecule has 1 aromatic heterocycles. The number of hydrogen-bond acceptors (Lipinski definition) is 5. The van der Waals surface area contributed by atoms with E-state index in [0.29, 0.717) is 23.0 Å². The molecule has 0 amide bonds. The predicted octanol–water partition coefficient (Wildman–Crippen LogP) is 3.40. The molecule has 2 saturated heterocycles. The lowest BCUT2D eigenvalue weighted by molar-refractivity contribution is 0.481. The summed E-state index contributed by atoms with van der Waals surface area (Å²) in [5.74, 6) is 3.17. The summed E-state index contributed by atoms with van der Waals surface area (Å²) in [4.78, 5) is 14.3. The second kappa shape index (κ2) is 8.84. The van der Waals surface area contributed by atoms with Crippen LogP contribution in [0.1, 0.15) is 52.9 Å². The number of nitrogens with one attached hydrogen (secondary N) is 2. The third-order valence-corrected chi connectivity index (χ3v) is 5.37. The molecule has 0 saturated carbocycles. The normalized spacial score (nSPS) is 20.5. The first-order valence-corrected chi connectivity index (χ1v) is 10.4. The van der Waals surface area contributed by atoms with Crippen molar-refractivity contribution in [3.8, 4) is 0 Å². The highest BCUT2D eigenvalue weighted by Crippen LogP contribution is 2.28. The third-order valence-electron chi connectivity index (χ3n) is 5.12. The lowest BCUT2D eigenvalue weighted by Gasteiger charge is -2.35. The third kappa shape index (κ3) is 4.96. The molecule has 0 aromatic carbocycles. The molecule has 0 unspecified atom stereocenters. The van der Waals surface area contributed by atoms with Crippen molar-refractivity contribution >= 4 is 34.9 Å². The first-order valence-electron chi connectivity index (χ1n) is 9.98. The molecule has 2 aliphatic rings. The fraction of sp³-hybridized carbons (Fsp3) is 0.737. The van der Waals surface area contributed by atoms with Crippen molar-refractivity contribution < 1.29 is 0 Å². The summed E-state index contributed by atoms with van der Waals surface area (Å²) in [6, 6.07) is 2.67. The fourth-order valence-corrected chi connectivity index (χ4v) is 3.79. The van der Waals surface area contributed by atoms with E-state index in [1.54, 1.807) is 0 Å². The van der Waals surface area contributed by atoms with Crippen LogP contribution in [-0.2, 0) is 0 Å². The van der Waals surface area contributed by atoms with Gasteiger partial charge in [0.25, 0.3) is 0 Å². The average Bonchev–Trinajstić information content (AvgIpc) is 3.15. The first-order chi connectivity index (χ1) is 12.5. The highest BCUT2D eigenvalue weighted by molar-refractivity contribution is 7.80. The van der Waals surface area contributed by atoms with Gasteiger partial charge in [0.15, 0.2) is 5.11 Å². The predicted molar refractivity (Wildman–Crippen MR) is 113 cm³/mol. The van der Waals surface area contributed by atoms with Crippen LogP contribution in [0.15, 0.2) is 6.07 Å². The van der Waals surface area contributed by atoms with Gasteiger partial charge in [0.2, 0.25) is 5.95 Å². The minimum atomic E-state index is 0.518. The van der Waals surface area contributed by atoms with Crippen LogP contribution in [-0.4, -0.2) is 47.3 Å². The molecule has 3 rings (SSSR count). The maximum Gasteiger partial charge on any atom is 0.232 e. The summed E-state index contributed by atoms with van der Waals surface area (Å²) in [5, 5.41) is 7.03. The Kier molecular flexibility index (Phi) is 6.51. The molecule has 2 N–H and O–H groups in total. The minimum absolute atomic E-state index is 0.518. The summed E-state index contributed by atoms with van der Waals surface area (Å²) >= 11 is 5.43. The molecule has 144 valence electrons. The van der Waals surface area contributed by atoms with Crippen LogP contribution >= 0.6 is 12.2 Å². The number of nitrogens with zero attached hydrogens (tertiary/aromatic N) is 4. The van der Waals surface area contributed by atoms with Gasteiger partial charge in [-0.05, 0) is 57.2 Å². The molecular weight excluding hydrogens is 344 g/mol. The number of piperidine rings is 1. The Bertz CT molecular complexity index is 614. The Morgan fingerprint density at radius 1 is 1.15 bits per heavy atom. The van der Waals surface area contributed by atoms with E-state index in [2.05, 4.69) is 47.3 Å². The Morgan fingerprint density at radius 3 is 2.54 bits per heavy atom. The number of aromatic nitrogens is 2. The molecule has 0 bridgehead atoms. The molecule has 0 radical (unpaired) electrons. The summed E-state index contributed by atoms with van der Waals surface area (Å²) in [5.41, 5.74) is 0. The van der Waals surface area contributed by atoms with Gasteiger partial charge in [-0.3, -0.25) is 0 Å². The Hall–Kier alpha value is -1.63. The average molecular weight is 377 g/mol. The molecule has 0 spiro atoms. The van der Waals surface area contributed by atoms with Crippen molar-refractivity contribution in [2.24, 2.45) is 5.92 Å². The molecule has 1 aromatic rings. The number of anilines is 3. The van der Waals surface area contributed by atoms with E-state index < -0.39 is 0 Å². The van der Waals surface area contributed by atoms with Gasteiger partial charge in [-0.15, -0.1) is 0 Å². The highest BCUT2D eigenvalue weighted by atomic mass is 32.1. The number of thiocarbonyl (C=S) groups is 1. The number of hydrogen-bond donors (Lipinski definition) is 2. The van der Waals surface area contributed by atoms with Crippen molar-refractivity contribution in [1.29, 1.82) is 0 Å². The maximum atomic E-state index is 5.43. The molecular formula is C19H32N6S. The van der Waals surface area contributed by atoms with E-state index in [4.69, 9.17) is 22.2 Å². The Labute approximate surface area is 162 Å². The van der Waals surface area contributed by atoms with Crippen LogP contribution in [0.5, 0.6) is 0 Å². The molecule has 2 fully saturated rings. The quantitative estimate of drug-likeness (QED) is 0.764. The SMILES string of the molecule is CC(C)CNC(=S)Nc1nc(N2CCCC2)cc(N2CCCC[C@H]2C)n1. The van der Waals surface area contributed by atoms with Gasteiger partial charge in [0.05, 0.1) is 0 Å². The fourth-order valence-electron chi connectivity index (χ4n) is 3.61. The maximum absolute atomic E-state index is 5.43. The Balaban J connectivity index is 1.81. The highest BCUT2D eigenvalue weighted by Gasteiger charge is 2.23. The van der Waals surface area contributed by atoms with Crippen molar-refractivity contribution in [3.63, 3.8) is 0 Å². The van der Waals surface area contributed by atoms with E-state index in [-0.39, 0.29) is 0 Å². The van der Waals surface area contributed by atoms with Crippen LogP contribution in [0.4, 0.5) is 17.6 Å². The van der Waals surface area contributed by atoms with E-state index in [1.165, 1.54) is 32.1 Å². The topological polar surface area (TPSA) is 56.3 Å². The standard InChI is InChI=1S/C19H32N6S/c1-14(2)13-20-19(26)23-18-21-16(24-9-6-7-10-24)12-17(22-18)25-11-5-4-8-15(25)3/h12,14-15H,4-11,13H2,1-3H3,(H2,20,21,22,23,26)/t15-/m1/s1. The van der Waals surface area contributed by atoms with Crippen molar-refractivity contribution in [2.45, 2.75) is 58.9 Å². The van der Waals surface area contributed by atoms with Crippen LogP contribution in [0.2, 0.25) is 0 Å². The first kappa shape index (κ1) is 19.1. The molecule has 0 aliphatic carbocycles. The smallest absolute Gasteiger partial charge is 0.232 e. The zero-order chi connectivity index (χ0) is 18.5. The van der Waals surface area contributed by atoms with Gasteiger partial charge in [-0.25, -0.2) is 0 Å². The van der Waals surface area contributed by atoms with Crippen LogP contribution < -0.4 is 20.4 Å². The van der Waals surface area contributed by atoms with Crippen molar-refractivity contribution in [1.82, 2.24) is 15.3 Å². The monoisotopic (exact) mass is 376 g/mol. The summed E-state index contributed by atoms with van der Waals surface area (Å²) in [6.07, 6.45) is 6.22. The second-order valence-electron chi connectivity index (χ2n) is 7.87. The van der Waals surface area contributed by atoms with Gasteiger partial charge in [0.1, 0.15) is 11.6 Å². The van der Waals surface area contributed by atoms with Crippen LogP contribution in [0.25, 0.3) is 0 Å². The number of rotatable bonds is 5. The molecule has 7 heteroatoms. The van der Waals surface area contributed by atoms with Gasteiger partial charge in [-0.1, -0.05) is 13.8 Å². The van der Waals surface area contributed by atoms with E-state index in [0.717, 1.165) is 37.8 Å². The summed E-state index contributed by atoms with van der Waals surface area (Å²) in [7, 11) is 0. The molecule has 2 aliphatic heterocycles. The van der Waals surface area contributed by atoms with E-state index in [9.17, 15) is 0 Å². The zero-order valence-electron chi connectivity index (χ0n) is 16.3. The van der Waals surface area contributed by atoms with Crippen LogP contribution in [0.3, 0.4) is 0 Å². The molecule has 26 heavy (non-hydrogen) atoms. The molecule has 3 heterocycles. The minimum Gasteiger partial charge on any atom is -0.362 e.